The van der Waals surface area contributed by atoms with Crippen molar-refractivity contribution in [1.29, 1.82) is 10.5 Å². The zero-order valence-corrected chi connectivity index (χ0v) is 44.9. The molecule has 4 aromatic rings. The van der Waals surface area contributed by atoms with Crippen molar-refractivity contribution in [3.63, 3.8) is 0 Å². The summed E-state index contributed by atoms with van der Waals surface area (Å²) in [7, 11) is 3.37. The van der Waals surface area contributed by atoms with Crippen molar-refractivity contribution >= 4 is 52.4 Å². The van der Waals surface area contributed by atoms with Crippen LogP contribution < -0.4 is 31.9 Å². The second-order valence-corrected chi connectivity index (χ2v) is 21.6. The number of amides is 1. The topological polar surface area (TPSA) is 225 Å². The highest BCUT2D eigenvalue weighted by atomic mass is 35.5. The molecule has 2 saturated carbocycles. The maximum atomic E-state index is 12.3. The number of ether oxygens (including phenoxy) is 4. The number of carbonyl (C=O) groups excluding carboxylic acids is 1. The van der Waals surface area contributed by atoms with Crippen LogP contribution in [0.2, 0.25) is 10.0 Å². The van der Waals surface area contributed by atoms with Crippen molar-refractivity contribution in [3.05, 3.63) is 71.0 Å². The monoisotopic (exact) mass is 1050 g/mol. The average Bonchev–Trinajstić information content (AvgIpc) is 3.42. The molecular weight excluding hydrogens is 980 g/mol. The van der Waals surface area contributed by atoms with E-state index in [0.29, 0.717) is 100 Å². The van der Waals surface area contributed by atoms with Crippen LogP contribution in [0.15, 0.2) is 60.9 Å². The fraction of sp³-hybridized carbons (Fsp3) is 0.582. The number of hydrogen-bond donors (Lipinski definition) is 6. The van der Waals surface area contributed by atoms with Crippen molar-refractivity contribution in [2.24, 2.45) is 16.7 Å². The Labute approximate surface area is 447 Å². The van der Waals surface area contributed by atoms with E-state index in [-0.39, 0.29) is 23.4 Å². The molecule has 8 rings (SSSR count). The third-order valence-electron chi connectivity index (χ3n) is 14.6. The van der Waals surface area contributed by atoms with E-state index < -0.39 is 10.8 Å². The third kappa shape index (κ3) is 16.3. The number of pyridine rings is 4. The van der Waals surface area contributed by atoms with Crippen LogP contribution >= 0.6 is 23.2 Å². The number of carbonyl (C=O) groups is 1. The van der Waals surface area contributed by atoms with Gasteiger partial charge in [0, 0.05) is 113 Å². The largest absolute Gasteiger partial charge is 0.383 e. The molecule has 0 bridgehead atoms. The van der Waals surface area contributed by atoms with Crippen LogP contribution in [0.5, 0.6) is 0 Å². The first-order valence-corrected chi connectivity index (χ1v) is 26.9. The van der Waals surface area contributed by atoms with Gasteiger partial charge in [-0.3, -0.25) is 4.79 Å². The number of hydrogen-bond acceptors (Lipinski definition) is 16. The van der Waals surface area contributed by atoms with Gasteiger partial charge in [0.25, 0.3) is 0 Å². The summed E-state index contributed by atoms with van der Waals surface area (Å²) in [5.74, 6) is 3.12. The fourth-order valence-corrected chi connectivity index (χ4v) is 10.6. The van der Waals surface area contributed by atoms with Crippen molar-refractivity contribution in [3.8, 4) is 34.7 Å². The second kappa shape index (κ2) is 27.4. The Morgan fingerprint density at radius 3 is 1.59 bits per heavy atom. The van der Waals surface area contributed by atoms with Gasteiger partial charge in [0.05, 0.1) is 57.6 Å². The average molecular weight is 1050 g/mol. The van der Waals surface area contributed by atoms with Crippen LogP contribution in [0.25, 0.3) is 22.5 Å². The summed E-state index contributed by atoms with van der Waals surface area (Å²) in [6.07, 6.45) is 14.0. The lowest BCUT2D eigenvalue weighted by molar-refractivity contribution is -0.126. The molecule has 2 aliphatic carbocycles. The first kappa shape index (κ1) is 56.4. The number of nitriles is 2. The molecule has 19 heteroatoms. The molecule has 17 nitrogen and oxygen atoms in total. The number of nitrogens with zero attached hydrogens (tertiary/aromatic N) is 6. The summed E-state index contributed by atoms with van der Waals surface area (Å²) in [6.45, 7) is 9.65. The Morgan fingerprint density at radius 2 is 1.15 bits per heavy atom. The number of aromatic nitrogens is 4. The first-order chi connectivity index (χ1) is 35.8. The quantitative estimate of drug-likeness (QED) is 0.0453. The van der Waals surface area contributed by atoms with Gasteiger partial charge in [0.15, 0.2) is 0 Å². The number of rotatable bonds is 20. The maximum absolute atomic E-state index is 12.3. The van der Waals surface area contributed by atoms with E-state index in [9.17, 15) is 15.3 Å². The summed E-state index contributed by atoms with van der Waals surface area (Å²) >= 11 is 13.1. The minimum Gasteiger partial charge on any atom is -0.383 e. The number of nitrogens with one attached hydrogen (secondary N) is 6. The SMILES string of the molecule is COCC(C)(C)NC1CCC(Nc2cc(-c3cccc(NCC4(C#N)CCOCC4)n3)c(Cl)cn2)CC1.COCCNC(=O)C1CCC(Nc2cc(-c3cccc(NCC4(C#N)CCOCC4)n3)c(Cl)cn2)CC1. The Bertz CT molecular complexity index is 2510. The van der Waals surface area contributed by atoms with Crippen molar-refractivity contribution < 1.29 is 23.7 Å². The summed E-state index contributed by atoms with van der Waals surface area (Å²) in [5, 5.41) is 41.0. The fourth-order valence-electron chi connectivity index (χ4n) is 10.2. The highest BCUT2D eigenvalue weighted by molar-refractivity contribution is 6.33. The predicted octanol–water partition coefficient (Wildman–Crippen LogP) is 9.53. The highest BCUT2D eigenvalue weighted by Gasteiger charge is 2.34. The summed E-state index contributed by atoms with van der Waals surface area (Å²) in [4.78, 5) is 30.9. The van der Waals surface area contributed by atoms with Gasteiger partial charge in [-0.15, -0.1) is 0 Å². The molecule has 4 aliphatic rings. The van der Waals surface area contributed by atoms with Crippen LogP contribution in [0, 0.1) is 39.4 Å². The van der Waals surface area contributed by atoms with E-state index in [2.05, 4.69) is 67.9 Å². The van der Waals surface area contributed by atoms with Gasteiger partial charge in [-0.2, -0.15) is 10.5 Å². The molecule has 4 fully saturated rings. The minimum absolute atomic E-state index is 0.0251. The van der Waals surface area contributed by atoms with Crippen LogP contribution in [-0.4, -0.2) is 123 Å². The third-order valence-corrected chi connectivity index (χ3v) is 15.2. The summed E-state index contributed by atoms with van der Waals surface area (Å²) in [6, 6.07) is 21.5. The molecule has 1 amide bonds. The van der Waals surface area contributed by atoms with Gasteiger partial charge in [-0.25, -0.2) is 19.9 Å². The number of methoxy groups -OCH3 is 2. The van der Waals surface area contributed by atoms with E-state index in [1.54, 1.807) is 26.6 Å². The van der Waals surface area contributed by atoms with Crippen molar-refractivity contribution in [2.45, 2.75) is 115 Å². The summed E-state index contributed by atoms with van der Waals surface area (Å²) < 4.78 is 21.2. The standard InChI is InChI=1S/C28H39ClN6O2.C27H35ClN6O3/c1-27(2,19-36-3)35-21-9-7-20(8-10-21)33-26-15-22(23(29)16-31-26)24-5-4-6-25(34-24)32-18-28(17-30)11-13-37-14-12-28;1-36-14-11-30-26(35)19-5-7-20(8-6-19)33-25-15-21(22(28)16-31-25)23-3-2-4-24(34-23)32-18-27(17-29)9-12-37-13-10-27/h4-6,15-16,20-21,35H,7-14,18-19H2,1-3H3,(H,31,33)(H,32,34);2-4,15-16,19-20H,5-14,18H2,1H3,(H,30,35)(H,31,33)(H,32,34). The van der Waals surface area contributed by atoms with E-state index in [1.807, 2.05) is 48.5 Å². The Morgan fingerprint density at radius 1 is 0.689 bits per heavy atom. The predicted molar refractivity (Wildman–Crippen MR) is 291 cm³/mol. The Hall–Kier alpha value is -5.37. The molecule has 0 aromatic carbocycles. The smallest absolute Gasteiger partial charge is 0.223 e. The molecular formula is C55H74Cl2N12O5. The molecule has 2 saturated heterocycles. The zero-order valence-electron chi connectivity index (χ0n) is 43.4. The maximum Gasteiger partial charge on any atom is 0.223 e. The van der Waals surface area contributed by atoms with Gasteiger partial charge in [0.1, 0.15) is 23.3 Å². The molecule has 74 heavy (non-hydrogen) atoms. The molecule has 0 spiro atoms. The lowest BCUT2D eigenvalue weighted by Gasteiger charge is -2.36. The lowest BCUT2D eigenvalue weighted by Crippen LogP contribution is -2.50. The molecule has 6 heterocycles. The molecule has 0 radical (unpaired) electrons. The molecule has 0 unspecified atom stereocenters. The Balaban J connectivity index is 0.000000216. The molecule has 4 aromatic heterocycles. The van der Waals surface area contributed by atoms with Crippen LogP contribution in [-0.2, 0) is 23.7 Å². The number of anilines is 4. The highest BCUT2D eigenvalue weighted by Crippen LogP contribution is 2.35. The molecule has 6 N–H and O–H groups in total. The van der Waals surface area contributed by atoms with E-state index >= 15 is 0 Å². The molecule has 2 aliphatic heterocycles. The van der Waals surface area contributed by atoms with Gasteiger partial charge in [-0.1, -0.05) is 35.3 Å². The zero-order chi connectivity index (χ0) is 52.4. The second-order valence-electron chi connectivity index (χ2n) is 20.8. The van der Waals surface area contributed by atoms with E-state index in [4.69, 9.17) is 52.1 Å². The van der Waals surface area contributed by atoms with Gasteiger partial charge >= 0.3 is 0 Å². The van der Waals surface area contributed by atoms with Crippen LogP contribution in [0.4, 0.5) is 23.3 Å². The van der Waals surface area contributed by atoms with E-state index in [0.717, 1.165) is 104 Å². The number of halogens is 2. The van der Waals surface area contributed by atoms with Crippen LogP contribution in [0.1, 0.15) is 90.9 Å². The first-order valence-electron chi connectivity index (χ1n) is 26.1. The lowest BCUT2D eigenvalue weighted by atomic mass is 9.82. The Kier molecular flexibility index (Phi) is 20.9. The normalized spacial score (nSPS) is 21.4. The van der Waals surface area contributed by atoms with Crippen LogP contribution in [0.3, 0.4) is 0 Å². The molecule has 398 valence electrons. The van der Waals surface area contributed by atoms with E-state index in [1.165, 1.54) is 0 Å². The molecule has 0 atom stereocenters. The minimum atomic E-state index is -0.440. The van der Waals surface area contributed by atoms with Crippen molar-refractivity contribution in [2.75, 3.05) is 94.8 Å². The van der Waals surface area contributed by atoms with Gasteiger partial charge in [0.2, 0.25) is 5.91 Å². The summed E-state index contributed by atoms with van der Waals surface area (Å²) in [5.41, 5.74) is 2.24. The van der Waals surface area contributed by atoms with Crippen molar-refractivity contribution in [1.82, 2.24) is 30.6 Å². The van der Waals surface area contributed by atoms with Gasteiger partial charge in [-0.05, 0) is 127 Å². The van der Waals surface area contributed by atoms with Gasteiger partial charge < -0.3 is 50.8 Å².